The van der Waals surface area contributed by atoms with Gasteiger partial charge in [-0.05, 0) is 31.0 Å². The summed E-state index contributed by atoms with van der Waals surface area (Å²) in [7, 11) is -1.28. The van der Waals surface area contributed by atoms with Gasteiger partial charge in [-0.25, -0.2) is 4.79 Å². The number of aromatic carboxylic acids is 1. The number of nitrogens with zero attached hydrogens (tertiary/aromatic N) is 1. The van der Waals surface area contributed by atoms with Crippen molar-refractivity contribution in [2.45, 2.75) is 24.5 Å². The summed E-state index contributed by atoms with van der Waals surface area (Å²) in [6.07, 6.45) is 0. The third-order valence-corrected chi connectivity index (χ3v) is 4.12. The number of hydrogen-bond acceptors (Lipinski definition) is 4. The van der Waals surface area contributed by atoms with Crippen molar-refractivity contribution in [2.75, 3.05) is 0 Å². The Hall–Kier alpha value is -1.95. The van der Waals surface area contributed by atoms with Gasteiger partial charge in [0, 0.05) is 11.0 Å². The lowest BCUT2D eigenvalue weighted by Gasteiger charge is -2.05. The fourth-order valence-electron chi connectivity index (χ4n) is 1.64. The molecule has 0 saturated carbocycles. The van der Waals surface area contributed by atoms with E-state index in [1.54, 1.807) is 0 Å². The molecule has 0 aliphatic heterocycles. The first-order chi connectivity index (χ1) is 8.97. The summed E-state index contributed by atoms with van der Waals surface area (Å²) in [5.74, 6) is -0.742. The van der Waals surface area contributed by atoms with Crippen molar-refractivity contribution >= 4 is 16.8 Å². The Labute approximate surface area is 112 Å². The van der Waals surface area contributed by atoms with E-state index in [-0.39, 0.29) is 11.4 Å². The monoisotopic (exact) mass is 279 g/mol. The van der Waals surface area contributed by atoms with E-state index < -0.39 is 16.8 Å². The number of carboxylic acids is 1. The first-order valence-electron chi connectivity index (χ1n) is 5.62. The number of aryl methyl sites for hydroxylation is 2. The van der Waals surface area contributed by atoms with Gasteiger partial charge in [-0.15, -0.1) is 0 Å². The summed E-state index contributed by atoms with van der Waals surface area (Å²) in [6.45, 7) is 3.81. The summed E-state index contributed by atoms with van der Waals surface area (Å²) in [6, 6.07) is 7.02. The molecule has 0 saturated heterocycles. The fraction of sp³-hybridized carbons (Fsp3) is 0.231. The number of aromatic nitrogens is 1. The van der Waals surface area contributed by atoms with Crippen molar-refractivity contribution in [3.05, 3.63) is 46.8 Å². The van der Waals surface area contributed by atoms with Crippen LogP contribution in [0.15, 0.2) is 33.7 Å². The van der Waals surface area contributed by atoms with Gasteiger partial charge in [-0.2, -0.15) is 0 Å². The van der Waals surface area contributed by atoms with Gasteiger partial charge in [0.2, 0.25) is 0 Å². The normalized spacial score (nSPS) is 12.3. The Kier molecular flexibility index (Phi) is 3.80. The highest BCUT2D eigenvalue weighted by Crippen LogP contribution is 2.18. The first kappa shape index (κ1) is 13.5. The van der Waals surface area contributed by atoms with Gasteiger partial charge in [0.05, 0.1) is 16.6 Å². The molecule has 1 unspecified atom stereocenters. The number of benzene rings is 1. The van der Waals surface area contributed by atoms with Crippen LogP contribution in [0.5, 0.6) is 0 Å². The van der Waals surface area contributed by atoms with Gasteiger partial charge < -0.3 is 9.63 Å². The molecule has 0 fully saturated rings. The quantitative estimate of drug-likeness (QED) is 0.928. The Bertz CT molecular complexity index is 648. The predicted octanol–water partition coefficient (Wildman–Crippen LogP) is 2.30. The molecule has 1 atom stereocenters. The minimum Gasteiger partial charge on any atom is -0.476 e. The zero-order valence-corrected chi connectivity index (χ0v) is 11.4. The average molecular weight is 279 g/mol. The van der Waals surface area contributed by atoms with Crippen LogP contribution in [0.2, 0.25) is 0 Å². The van der Waals surface area contributed by atoms with E-state index in [4.69, 9.17) is 9.63 Å². The zero-order valence-electron chi connectivity index (χ0n) is 10.5. The summed E-state index contributed by atoms with van der Waals surface area (Å²) >= 11 is 0. The molecule has 0 bridgehead atoms. The SMILES string of the molecule is Cc1ccc(C)c(S(=O)Cc2cc(C(=O)O)no2)c1. The summed E-state index contributed by atoms with van der Waals surface area (Å²) in [5.41, 5.74) is 1.78. The summed E-state index contributed by atoms with van der Waals surface area (Å²) in [5, 5.41) is 12.1. The van der Waals surface area contributed by atoms with Crippen molar-refractivity contribution < 1.29 is 18.6 Å². The maximum atomic E-state index is 12.2. The van der Waals surface area contributed by atoms with E-state index in [0.717, 1.165) is 16.0 Å². The molecule has 2 aromatic rings. The molecule has 100 valence electrons. The Morgan fingerprint density at radius 2 is 2.11 bits per heavy atom. The first-order valence-corrected chi connectivity index (χ1v) is 6.94. The smallest absolute Gasteiger partial charge is 0.358 e. The molecule has 5 nitrogen and oxygen atoms in total. The number of hydrogen-bond donors (Lipinski definition) is 1. The molecule has 0 aliphatic rings. The summed E-state index contributed by atoms with van der Waals surface area (Å²) < 4.78 is 17.1. The second-order valence-electron chi connectivity index (χ2n) is 4.24. The maximum Gasteiger partial charge on any atom is 0.358 e. The van der Waals surface area contributed by atoms with Gasteiger partial charge in [0.25, 0.3) is 0 Å². The van der Waals surface area contributed by atoms with Crippen LogP contribution >= 0.6 is 0 Å². The lowest BCUT2D eigenvalue weighted by Crippen LogP contribution is -1.99. The predicted molar refractivity (Wildman–Crippen MR) is 69.5 cm³/mol. The van der Waals surface area contributed by atoms with Crippen LogP contribution in [-0.2, 0) is 16.6 Å². The standard InChI is InChI=1S/C13H13NO4S/c1-8-3-4-9(2)12(5-8)19(17)7-10-6-11(13(15)16)14-18-10/h3-6H,7H2,1-2H3,(H,15,16). The van der Waals surface area contributed by atoms with Gasteiger partial charge >= 0.3 is 5.97 Å². The number of rotatable bonds is 4. The lowest BCUT2D eigenvalue weighted by atomic mass is 10.2. The Morgan fingerprint density at radius 1 is 1.37 bits per heavy atom. The highest BCUT2D eigenvalue weighted by atomic mass is 32.2. The molecule has 1 N–H and O–H groups in total. The second kappa shape index (κ2) is 5.36. The molecule has 0 aliphatic carbocycles. The molecule has 0 amide bonds. The Morgan fingerprint density at radius 3 is 2.74 bits per heavy atom. The highest BCUT2D eigenvalue weighted by molar-refractivity contribution is 7.84. The average Bonchev–Trinajstić information content (AvgIpc) is 2.80. The van der Waals surface area contributed by atoms with Crippen LogP contribution in [0.25, 0.3) is 0 Å². The molecule has 1 aromatic heterocycles. The van der Waals surface area contributed by atoms with Crippen LogP contribution < -0.4 is 0 Å². The zero-order chi connectivity index (χ0) is 14.0. The van der Waals surface area contributed by atoms with Crippen molar-refractivity contribution in [3.8, 4) is 0 Å². The fourth-order valence-corrected chi connectivity index (χ4v) is 2.94. The van der Waals surface area contributed by atoms with Gasteiger partial charge in [0.1, 0.15) is 5.76 Å². The minimum absolute atomic E-state index is 0.116. The van der Waals surface area contributed by atoms with Crippen LogP contribution in [0.3, 0.4) is 0 Å². The highest BCUT2D eigenvalue weighted by Gasteiger charge is 2.15. The van der Waals surface area contributed by atoms with Gasteiger partial charge in [-0.3, -0.25) is 4.21 Å². The molecule has 19 heavy (non-hydrogen) atoms. The second-order valence-corrected chi connectivity index (χ2v) is 5.66. The Balaban J connectivity index is 2.20. The van der Waals surface area contributed by atoms with Crippen LogP contribution in [0, 0.1) is 13.8 Å². The van der Waals surface area contributed by atoms with Crippen LogP contribution in [0.4, 0.5) is 0 Å². The molecule has 1 heterocycles. The van der Waals surface area contributed by atoms with Crippen molar-refractivity contribution in [3.63, 3.8) is 0 Å². The largest absolute Gasteiger partial charge is 0.476 e. The number of carbonyl (C=O) groups is 1. The van der Waals surface area contributed by atoms with Crippen molar-refractivity contribution in [2.24, 2.45) is 0 Å². The van der Waals surface area contributed by atoms with E-state index in [1.807, 2.05) is 32.0 Å². The molecule has 6 heteroatoms. The maximum absolute atomic E-state index is 12.2. The van der Waals surface area contributed by atoms with Crippen molar-refractivity contribution in [1.82, 2.24) is 5.16 Å². The molecular weight excluding hydrogens is 266 g/mol. The summed E-state index contributed by atoms with van der Waals surface area (Å²) in [4.78, 5) is 11.4. The van der Waals surface area contributed by atoms with E-state index in [1.165, 1.54) is 6.07 Å². The minimum atomic E-state index is -1.28. The van der Waals surface area contributed by atoms with Gasteiger partial charge in [-0.1, -0.05) is 17.3 Å². The third-order valence-electron chi connectivity index (χ3n) is 2.64. The van der Waals surface area contributed by atoms with E-state index in [0.29, 0.717) is 5.76 Å². The molecule has 1 aromatic carbocycles. The third kappa shape index (κ3) is 3.08. The molecular formula is C13H13NO4S. The number of carboxylic acid groups (broad SMARTS) is 1. The molecule has 2 rings (SSSR count). The molecule has 0 radical (unpaired) electrons. The topological polar surface area (TPSA) is 80.4 Å². The van der Waals surface area contributed by atoms with Crippen LogP contribution in [0.1, 0.15) is 27.4 Å². The van der Waals surface area contributed by atoms with E-state index >= 15 is 0 Å². The lowest BCUT2D eigenvalue weighted by molar-refractivity contribution is 0.0685. The van der Waals surface area contributed by atoms with Crippen LogP contribution in [-0.4, -0.2) is 20.4 Å². The molecule has 0 spiro atoms. The van der Waals surface area contributed by atoms with E-state index in [9.17, 15) is 9.00 Å². The van der Waals surface area contributed by atoms with E-state index in [2.05, 4.69) is 5.16 Å². The van der Waals surface area contributed by atoms with Gasteiger partial charge in [0.15, 0.2) is 5.69 Å². The van der Waals surface area contributed by atoms with Crippen molar-refractivity contribution in [1.29, 1.82) is 0 Å².